The summed E-state index contributed by atoms with van der Waals surface area (Å²) < 4.78 is 39.4. The van der Waals surface area contributed by atoms with Gasteiger partial charge in [0, 0.05) is 24.5 Å². The van der Waals surface area contributed by atoms with Crippen LogP contribution in [0.4, 0.5) is 13.2 Å². The summed E-state index contributed by atoms with van der Waals surface area (Å²) in [5.74, 6) is 0. The van der Waals surface area contributed by atoms with Crippen molar-refractivity contribution < 1.29 is 13.2 Å². The Labute approximate surface area is 118 Å². The van der Waals surface area contributed by atoms with E-state index >= 15 is 0 Å². The lowest BCUT2D eigenvalue weighted by atomic mass is 10.1. The van der Waals surface area contributed by atoms with Crippen molar-refractivity contribution in [2.45, 2.75) is 12.7 Å². The molecule has 2 aromatic heterocycles. The number of hydrogen-bond acceptors (Lipinski definition) is 2. The minimum Gasteiger partial charge on any atom is -0.326 e. The van der Waals surface area contributed by atoms with E-state index in [0.717, 1.165) is 23.3 Å². The van der Waals surface area contributed by atoms with Crippen LogP contribution in [0.25, 0.3) is 16.9 Å². The number of rotatable bonds is 2. The van der Waals surface area contributed by atoms with Crippen molar-refractivity contribution in [3.63, 3.8) is 0 Å². The first-order valence-electron chi connectivity index (χ1n) is 6.33. The van der Waals surface area contributed by atoms with Gasteiger partial charge in [0.15, 0.2) is 0 Å². The second-order valence-electron chi connectivity index (χ2n) is 4.71. The largest absolute Gasteiger partial charge is 0.416 e. The molecule has 0 unspecified atom stereocenters. The van der Waals surface area contributed by atoms with Gasteiger partial charge in [-0.25, -0.2) is 4.98 Å². The van der Waals surface area contributed by atoms with Gasteiger partial charge in [-0.1, -0.05) is 18.2 Å². The lowest BCUT2D eigenvalue weighted by molar-refractivity contribution is -0.137. The van der Waals surface area contributed by atoms with Crippen molar-refractivity contribution in [1.82, 2.24) is 9.38 Å². The van der Waals surface area contributed by atoms with Crippen LogP contribution in [0.2, 0.25) is 0 Å². The molecule has 3 aromatic rings. The third-order valence-corrected chi connectivity index (χ3v) is 3.26. The van der Waals surface area contributed by atoms with E-state index in [-0.39, 0.29) is 0 Å². The molecule has 6 heteroatoms. The van der Waals surface area contributed by atoms with Crippen LogP contribution in [0.15, 0.2) is 48.8 Å². The van der Waals surface area contributed by atoms with Gasteiger partial charge in [0.2, 0.25) is 0 Å². The number of nitrogens with two attached hydrogens (primary N) is 1. The van der Waals surface area contributed by atoms with Crippen molar-refractivity contribution >= 4 is 5.65 Å². The molecule has 0 fully saturated rings. The number of hydrogen-bond donors (Lipinski definition) is 1. The summed E-state index contributed by atoms with van der Waals surface area (Å²) in [4.78, 5) is 4.39. The van der Waals surface area contributed by atoms with Crippen LogP contribution in [-0.4, -0.2) is 9.38 Å². The number of benzene rings is 1. The van der Waals surface area contributed by atoms with Crippen molar-refractivity contribution in [2.24, 2.45) is 5.73 Å². The van der Waals surface area contributed by atoms with Gasteiger partial charge in [0.1, 0.15) is 5.65 Å². The molecule has 0 radical (unpaired) electrons. The predicted octanol–water partition coefficient (Wildman–Crippen LogP) is 3.48. The van der Waals surface area contributed by atoms with Crippen molar-refractivity contribution in [2.75, 3.05) is 0 Å². The molecule has 3 rings (SSSR count). The van der Waals surface area contributed by atoms with E-state index in [9.17, 15) is 13.2 Å². The van der Waals surface area contributed by atoms with E-state index < -0.39 is 11.7 Å². The zero-order valence-corrected chi connectivity index (χ0v) is 10.9. The maximum absolute atomic E-state index is 12.5. The van der Waals surface area contributed by atoms with Crippen LogP contribution >= 0.6 is 0 Å². The molecule has 0 spiro atoms. The third kappa shape index (κ3) is 2.62. The number of halogens is 3. The summed E-state index contributed by atoms with van der Waals surface area (Å²) in [5.41, 5.74) is 7.85. The van der Waals surface area contributed by atoms with Gasteiger partial charge in [0.05, 0.1) is 11.3 Å². The zero-order valence-electron chi connectivity index (χ0n) is 10.9. The summed E-state index contributed by atoms with van der Waals surface area (Å²) in [6.45, 7) is 0.420. The number of pyridine rings is 1. The summed E-state index contributed by atoms with van der Waals surface area (Å²) in [6, 6.07) is 8.67. The fourth-order valence-electron chi connectivity index (χ4n) is 2.13. The second-order valence-corrected chi connectivity index (χ2v) is 4.71. The number of nitrogens with zero attached hydrogens (tertiary/aromatic N) is 2. The average Bonchev–Trinajstić information content (AvgIpc) is 2.89. The Morgan fingerprint density at radius 1 is 1.00 bits per heavy atom. The van der Waals surface area contributed by atoms with Crippen LogP contribution in [0, 0.1) is 0 Å². The molecule has 0 amide bonds. The van der Waals surface area contributed by atoms with Gasteiger partial charge in [-0.05, 0) is 23.8 Å². The zero-order chi connectivity index (χ0) is 15.0. The van der Waals surface area contributed by atoms with Crippen molar-refractivity contribution in [3.8, 4) is 11.3 Å². The molecule has 0 saturated heterocycles. The molecule has 0 saturated carbocycles. The molecule has 0 aliphatic heterocycles. The van der Waals surface area contributed by atoms with E-state index in [1.165, 1.54) is 12.1 Å². The standard InChI is InChI=1S/C15H12F3N3/c16-15(17,18)12-4-2-11(3-5-12)13-9-21-8-10(7-19)1-6-14(21)20-13/h1-6,8-9H,7,19H2. The molecule has 1 aromatic carbocycles. The predicted molar refractivity (Wildman–Crippen MR) is 73.5 cm³/mol. The fourth-order valence-corrected chi connectivity index (χ4v) is 2.13. The molecule has 0 aliphatic carbocycles. The Bertz CT molecular complexity index is 773. The molecule has 21 heavy (non-hydrogen) atoms. The lowest BCUT2D eigenvalue weighted by Gasteiger charge is -2.06. The SMILES string of the molecule is NCc1ccc2nc(-c3ccc(C(F)(F)F)cc3)cn2c1. The summed E-state index contributed by atoms with van der Waals surface area (Å²) in [5, 5.41) is 0. The number of alkyl halides is 3. The molecule has 108 valence electrons. The Morgan fingerprint density at radius 3 is 2.33 bits per heavy atom. The molecule has 0 atom stereocenters. The molecule has 2 heterocycles. The normalized spacial score (nSPS) is 12.0. The average molecular weight is 291 g/mol. The highest BCUT2D eigenvalue weighted by Crippen LogP contribution is 2.30. The minimum absolute atomic E-state index is 0.420. The minimum atomic E-state index is -4.33. The van der Waals surface area contributed by atoms with Crippen LogP contribution in [-0.2, 0) is 12.7 Å². The highest BCUT2D eigenvalue weighted by atomic mass is 19.4. The highest BCUT2D eigenvalue weighted by molar-refractivity contribution is 5.63. The second kappa shape index (κ2) is 4.89. The highest BCUT2D eigenvalue weighted by Gasteiger charge is 2.30. The van der Waals surface area contributed by atoms with Crippen LogP contribution in [0.1, 0.15) is 11.1 Å². The van der Waals surface area contributed by atoms with E-state index in [1.54, 1.807) is 6.20 Å². The first-order valence-corrected chi connectivity index (χ1v) is 6.33. The van der Waals surface area contributed by atoms with Crippen LogP contribution in [0.3, 0.4) is 0 Å². The molecule has 0 aliphatic rings. The first kappa shape index (κ1) is 13.6. The smallest absolute Gasteiger partial charge is 0.326 e. The van der Waals surface area contributed by atoms with Gasteiger partial charge >= 0.3 is 6.18 Å². The van der Waals surface area contributed by atoms with E-state index in [0.29, 0.717) is 17.8 Å². The van der Waals surface area contributed by atoms with E-state index in [2.05, 4.69) is 4.98 Å². The van der Waals surface area contributed by atoms with Crippen LogP contribution in [0.5, 0.6) is 0 Å². The Kier molecular flexibility index (Phi) is 3.17. The van der Waals surface area contributed by atoms with Gasteiger partial charge in [-0.15, -0.1) is 0 Å². The first-order chi connectivity index (χ1) is 9.97. The molecule has 2 N–H and O–H groups in total. The van der Waals surface area contributed by atoms with Crippen molar-refractivity contribution in [3.05, 3.63) is 59.9 Å². The molecule has 3 nitrogen and oxygen atoms in total. The fraction of sp³-hybridized carbons (Fsp3) is 0.133. The van der Waals surface area contributed by atoms with Gasteiger partial charge in [0.25, 0.3) is 0 Å². The topological polar surface area (TPSA) is 43.3 Å². The van der Waals surface area contributed by atoms with Gasteiger partial charge in [-0.3, -0.25) is 0 Å². The summed E-state index contributed by atoms with van der Waals surface area (Å²) >= 11 is 0. The maximum atomic E-state index is 12.5. The Morgan fingerprint density at radius 2 is 1.71 bits per heavy atom. The Hall–Kier alpha value is -2.34. The summed E-state index contributed by atoms with van der Waals surface area (Å²) in [6.07, 6.45) is -0.694. The van der Waals surface area contributed by atoms with Crippen LogP contribution < -0.4 is 5.73 Å². The summed E-state index contributed by atoms with van der Waals surface area (Å²) in [7, 11) is 0. The quantitative estimate of drug-likeness (QED) is 0.785. The monoisotopic (exact) mass is 291 g/mol. The molecular formula is C15H12F3N3. The maximum Gasteiger partial charge on any atom is 0.416 e. The number of imidazole rings is 1. The Balaban J connectivity index is 2.00. The van der Waals surface area contributed by atoms with Gasteiger partial charge in [-0.2, -0.15) is 13.2 Å². The van der Waals surface area contributed by atoms with E-state index in [1.807, 2.05) is 22.7 Å². The van der Waals surface area contributed by atoms with Crippen molar-refractivity contribution in [1.29, 1.82) is 0 Å². The number of fused-ring (bicyclic) bond motifs is 1. The lowest BCUT2D eigenvalue weighted by Crippen LogP contribution is -2.03. The number of aromatic nitrogens is 2. The molecule has 0 bridgehead atoms. The molecular weight excluding hydrogens is 279 g/mol. The van der Waals surface area contributed by atoms with E-state index in [4.69, 9.17) is 5.73 Å². The van der Waals surface area contributed by atoms with Gasteiger partial charge < -0.3 is 10.1 Å². The third-order valence-electron chi connectivity index (χ3n) is 3.26.